The maximum absolute atomic E-state index is 13.5. The first-order chi connectivity index (χ1) is 9.92. The summed E-state index contributed by atoms with van der Waals surface area (Å²) >= 11 is 3.28. The van der Waals surface area contributed by atoms with Gasteiger partial charge in [0.25, 0.3) is 0 Å². The number of nitrogens with two attached hydrogens (primary N) is 1. The second-order valence-electron chi connectivity index (χ2n) is 5.06. The number of pyridine rings is 1. The first-order valence-electron chi connectivity index (χ1n) is 6.63. The highest BCUT2D eigenvalue weighted by Crippen LogP contribution is 2.27. The topological polar surface area (TPSA) is 48.1 Å². The van der Waals surface area contributed by atoms with Crippen molar-refractivity contribution >= 4 is 15.9 Å². The standard InChI is InChI=1S/C16H18BrFN2O/c1-9-8-20-15(10(2)16(9)21-3)7-14(19)11-4-12(17)6-13(18)5-11/h4-6,8,14H,7,19H2,1-3H3. The molecule has 3 nitrogen and oxygen atoms in total. The van der Waals surface area contributed by atoms with Crippen LogP contribution < -0.4 is 10.5 Å². The Labute approximate surface area is 132 Å². The molecule has 0 radical (unpaired) electrons. The molecule has 0 saturated carbocycles. The van der Waals surface area contributed by atoms with Crippen molar-refractivity contribution in [2.75, 3.05) is 7.11 Å². The van der Waals surface area contributed by atoms with Crippen molar-refractivity contribution in [2.24, 2.45) is 5.73 Å². The van der Waals surface area contributed by atoms with Crippen molar-refractivity contribution in [1.29, 1.82) is 0 Å². The molecule has 5 heteroatoms. The highest BCUT2D eigenvalue weighted by molar-refractivity contribution is 9.10. The van der Waals surface area contributed by atoms with Crippen LogP contribution in [0.4, 0.5) is 4.39 Å². The monoisotopic (exact) mass is 352 g/mol. The van der Waals surface area contributed by atoms with Gasteiger partial charge in [-0.15, -0.1) is 0 Å². The van der Waals surface area contributed by atoms with Crippen LogP contribution in [0.3, 0.4) is 0 Å². The van der Waals surface area contributed by atoms with Gasteiger partial charge in [0.15, 0.2) is 0 Å². The van der Waals surface area contributed by atoms with E-state index in [4.69, 9.17) is 10.5 Å². The first kappa shape index (κ1) is 15.9. The van der Waals surface area contributed by atoms with E-state index in [-0.39, 0.29) is 11.9 Å². The Balaban J connectivity index is 2.29. The highest BCUT2D eigenvalue weighted by Gasteiger charge is 2.15. The summed E-state index contributed by atoms with van der Waals surface area (Å²) in [6.45, 7) is 3.91. The van der Waals surface area contributed by atoms with E-state index in [0.717, 1.165) is 28.1 Å². The molecule has 2 rings (SSSR count). The molecule has 1 atom stereocenters. The molecule has 2 aromatic rings. The minimum absolute atomic E-state index is 0.305. The van der Waals surface area contributed by atoms with Crippen LogP contribution in [0.15, 0.2) is 28.9 Å². The third kappa shape index (κ3) is 3.60. The van der Waals surface area contributed by atoms with Crippen molar-refractivity contribution in [3.8, 4) is 5.75 Å². The molecule has 1 unspecified atom stereocenters. The zero-order valence-corrected chi connectivity index (χ0v) is 13.9. The van der Waals surface area contributed by atoms with Gasteiger partial charge in [-0.05, 0) is 37.6 Å². The van der Waals surface area contributed by atoms with Gasteiger partial charge in [-0.1, -0.05) is 15.9 Å². The predicted octanol–water partition coefficient (Wildman–Crippen LogP) is 3.85. The van der Waals surface area contributed by atoms with Gasteiger partial charge in [-0.2, -0.15) is 0 Å². The summed E-state index contributed by atoms with van der Waals surface area (Å²) in [5.41, 5.74) is 9.76. The van der Waals surface area contributed by atoms with Crippen molar-refractivity contribution in [3.05, 3.63) is 57.1 Å². The molecule has 1 aromatic carbocycles. The fraction of sp³-hybridized carbons (Fsp3) is 0.312. The van der Waals surface area contributed by atoms with E-state index < -0.39 is 0 Å². The molecule has 0 fully saturated rings. The maximum atomic E-state index is 13.5. The summed E-state index contributed by atoms with van der Waals surface area (Å²) in [6, 6.07) is 4.37. The number of hydrogen-bond donors (Lipinski definition) is 1. The van der Waals surface area contributed by atoms with Gasteiger partial charge in [-0.25, -0.2) is 4.39 Å². The predicted molar refractivity (Wildman–Crippen MR) is 85.0 cm³/mol. The van der Waals surface area contributed by atoms with Crippen LogP contribution in [0.2, 0.25) is 0 Å². The highest BCUT2D eigenvalue weighted by atomic mass is 79.9. The molecular formula is C16H18BrFN2O. The largest absolute Gasteiger partial charge is 0.496 e. The van der Waals surface area contributed by atoms with E-state index in [0.29, 0.717) is 10.9 Å². The molecule has 1 heterocycles. The van der Waals surface area contributed by atoms with Crippen LogP contribution in [0, 0.1) is 19.7 Å². The van der Waals surface area contributed by atoms with Crippen LogP contribution in [0.25, 0.3) is 0 Å². The Kier molecular flexibility index (Phi) is 4.96. The summed E-state index contributed by atoms with van der Waals surface area (Å²) in [7, 11) is 1.64. The summed E-state index contributed by atoms with van der Waals surface area (Å²) < 4.78 is 19.5. The van der Waals surface area contributed by atoms with E-state index >= 15 is 0 Å². The Bertz CT molecular complexity index is 641. The molecule has 0 aliphatic carbocycles. The van der Waals surface area contributed by atoms with E-state index in [1.54, 1.807) is 13.3 Å². The van der Waals surface area contributed by atoms with Crippen LogP contribution in [0.5, 0.6) is 5.75 Å². The minimum atomic E-state index is -0.324. The van der Waals surface area contributed by atoms with Gasteiger partial charge in [-0.3, -0.25) is 4.98 Å². The lowest BCUT2D eigenvalue weighted by Crippen LogP contribution is -2.15. The summed E-state index contributed by atoms with van der Waals surface area (Å²) in [5.74, 6) is 0.522. The van der Waals surface area contributed by atoms with Crippen molar-refractivity contribution in [3.63, 3.8) is 0 Å². The first-order valence-corrected chi connectivity index (χ1v) is 7.42. The molecule has 0 aliphatic rings. The number of aromatic nitrogens is 1. The normalized spacial score (nSPS) is 12.3. The Hall–Kier alpha value is -1.46. The number of hydrogen-bond acceptors (Lipinski definition) is 3. The van der Waals surface area contributed by atoms with Gasteiger partial charge in [0, 0.05) is 40.0 Å². The Morgan fingerprint density at radius 3 is 2.67 bits per heavy atom. The van der Waals surface area contributed by atoms with Crippen molar-refractivity contribution < 1.29 is 9.13 Å². The lowest BCUT2D eigenvalue weighted by atomic mass is 9.99. The fourth-order valence-corrected chi connectivity index (χ4v) is 2.88. The molecule has 1 aromatic heterocycles. The van der Waals surface area contributed by atoms with E-state index in [1.807, 2.05) is 19.9 Å². The summed E-state index contributed by atoms with van der Waals surface area (Å²) in [5, 5.41) is 0. The zero-order valence-electron chi connectivity index (χ0n) is 12.3. The van der Waals surface area contributed by atoms with Gasteiger partial charge in [0.2, 0.25) is 0 Å². The molecule has 0 saturated heterocycles. The third-order valence-corrected chi connectivity index (χ3v) is 3.93. The molecule has 0 spiro atoms. The number of rotatable bonds is 4. The molecular weight excluding hydrogens is 335 g/mol. The Morgan fingerprint density at radius 1 is 1.33 bits per heavy atom. The van der Waals surface area contributed by atoms with E-state index in [9.17, 15) is 4.39 Å². The summed E-state index contributed by atoms with van der Waals surface area (Å²) in [4.78, 5) is 4.43. The number of benzene rings is 1. The van der Waals surface area contributed by atoms with Crippen LogP contribution >= 0.6 is 15.9 Å². The SMILES string of the molecule is COc1c(C)cnc(CC(N)c2cc(F)cc(Br)c2)c1C. The number of methoxy groups -OCH3 is 1. The smallest absolute Gasteiger partial charge is 0.128 e. The van der Waals surface area contributed by atoms with Gasteiger partial charge >= 0.3 is 0 Å². The van der Waals surface area contributed by atoms with Crippen molar-refractivity contribution in [1.82, 2.24) is 4.98 Å². The van der Waals surface area contributed by atoms with Gasteiger partial charge in [0.05, 0.1) is 7.11 Å². The van der Waals surface area contributed by atoms with Crippen LogP contribution in [0.1, 0.15) is 28.4 Å². The number of ether oxygens (including phenoxy) is 1. The van der Waals surface area contributed by atoms with Gasteiger partial charge < -0.3 is 10.5 Å². The second kappa shape index (κ2) is 6.54. The quantitative estimate of drug-likeness (QED) is 0.908. The average Bonchev–Trinajstić information content (AvgIpc) is 2.41. The third-order valence-electron chi connectivity index (χ3n) is 3.48. The molecule has 21 heavy (non-hydrogen) atoms. The molecule has 0 bridgehead atoms. The zero-order chi connectivity index (χ0) is 15.6. The molecule has 112 valence electrons. The molecule has 2 N–H and O–H groups in total. The van der Waals surface area contributed by atoms with Crippen molar-refractivity contribution in [2.45, 2.75) is 26.3 Å². The van der Waals surface area contributed by atoms with E-state index in [1.165, 1.54) is 12.1 Å². The minimum Gasteiger partial charge on any atom is -0.496 e. The van der Waals surface area contributed by atoms with Gasteiger partial charge in [0.1, 0.15) is 11.6 Å². The number of halogens is 2. The van der Waals surface area contributed by atoms with Crippen LogP contribution in [-0.4, -0.2) is 12.1 Å². The lowest BCUT2D eigenvalue weighted by molar-refractivity contribution is 0.406. The number of aryl methyl sites for hydroxylation is 1. The maximum Gasteiger partial charge on any atom is 0.128 e. The summed E-state index contributed by atoms with van der Waals surface area (Å²) in [6.07, 6.45) is 2.30. The lowest BCUT2D eigenvalue weighted by Gasteiger charge is -2.16. The fourth-order valence-electron chi connectivity index (χ4n) is 2.39. The second-order valence-corrected chi connectivity index (χ2v) is 5.98. The van der Waals surface area contributed by atoms with E-state index in [2.05, 4.69) is 20.9 Å². The van der Waals surface area contributed by atoms with Crippen LogP contribution in [-0.2, 0) is 6.42 Å². The average molecular weight is 353 g/mol. The molecule has 0 amide bonds. The number of nitrogens with zero attached hydrogens (tertiary/aromatic N) is 1. The Morgan fingerprint density at radius 2 is 2.05 bits per heavy atom. The molecule has 0 aliphatic heterocycles.